The molecule has 0 aliphatic carbocycles. The minimum absolute atomic E-state index is 0.298. The molecule has 0 saturated carbocycles. The quantitative estimate of drug-likeness (QED) is 0.834. The summed E-state index contributed by atoms with van der Waals surface area (Å²) in [6.45, 7) is 3.94. The smallest absolute Gasteiger partial charge is 0.285 e. The first-order valence-corrected chi connectivity index (χ1v) is 10.1. The van der Waals surface area contributed by atoms with Gasteiger partial charge in [-0.25, -0.2) is 0 Å². The number of ether oxygens (including phenoxy) is 1. The van der Waals surface area contributed by atoms with Crippen molar-refractivity contribution < 1.29 is 13.2 Å². The standard InChI is InChI=1S/C20H20N2O3S/c1-2-25-18-9-5-3-7-16(18)15-11-13-22(14-12-15)20-17-8-4-6-10-19(17)26(23,24)21-20/h3-11H,2,12-14H2,1H3. The van der Waals surface area contributed by atoms with Crippen LogP contribution in [0.2, 0.25) is 0 Å². The second-order valence-electron chi connectivity index (χ2n) is 6.24. The zero-order valence-corrected chi connectivity index (χ0v) is 15.4. The first-order valence-electron chi connectivity index (χ1n) is 8.70. The molecule has 0 spiro atoms. The second-order valence-corrected chi connectivity index (χ2v) is 7.81. The molecule has 2 aliphatic heterocycles. The third-order valence-electron chi connectivity index (χ3n) is 4.65. The van der Waals surface area contributed by atoms with Crippen LogP contribution in [-0.2, 0) is 10.0 Å². The van der Waals surface area contributed by atoms with Gasteiger partial charge in [-0.3, -0.25) is 0 Å². The van der Waals surface area contributed by atoms with E-state index in [0.717, 1.165) is 24.3 Å². The van der Waals surface area contributed by atoms with Crippen LogP contribution >= 0.6 is 0 Å². The highest BCUT2D eigenvalue weighted by molar-refractivity contribution is 7.90. The molecule has 26 heavy (non-hydrogen) atoms. The molecule has 0 aromatic heterocycles. The Morgan fingerprint density at radius 3 is 2.54 bits per heavy atom. The largest absolute Gasteiger partial charge is 0.493 e. The van der Waals surface area contributed by atoms with E-state index in [4.69, 9.17) is 4.74 Å². The molecular weight excluding hydrogens is 348 g/mol. The molecule has 0 bridgehead atoms. The first-order chi connectivity index (χ1) is 12.6. The van der Waals surface area contributed by atoms with Gasteiger partial charge in [0.2, 0.25) is 0 Å². The minimum Gasteiger partial charge on any atom is -0.493 e. The number of para-hydroxylation sites is 1. The van der Waals surface area contributed by atoms with Crippen molar-refractivity contribution in [3.63, 3.8) is 0 Å². The number of sulfonamides is 1. The van der Waals surface area contributed by atoms with Gasteiger partial charge in [0, 0.05) is 24.2 Å². The Morgan fingerprint density at radius 1 is 1.08 bits per heavy atom. The van der Waals surface area contributed by atoms with Crippen LogP contribution in [-0.4, -0.2) is 38.8 Å². The number of benzene rings is 2. The molecule has 0 saturated heterocycles. The van der Waals surface area contributed by atoms with E-state index in [1.165, 1.54) is 5.57 Å². The van der Waals surface area contributed by atoms with Crippen molar-refractivity contribution in [1.82, 2.24) is 4.90 Å². The van der Waals surface area contributed by atoms with Crippen molar-refractivity contribution in [2.45, 2.75) is 18.2 Å². The zero-order chi connectivity index (χ0) is 18.1. The van der Waals surface area contributed by atoms with E-state index in [-0.39, 0.29) is 0 Å². The van der Waals surface area contributed by atoms with E-state index in [0.29, 0.717) is 29.4 Å². The van der Waals surface area contributed by atoms with Crippen molar-refractivity contribution in [2.75, 3.05) is 19.7 Å². The molecular formula is C20H20N2O3S. The SMILES string of the molecule is CCOc1ccccc1C1=CCN(C2=NS(=O)(=O)c3ccccc32)CC1. The lowest BCUT2D eigenvalue weighted by Crippen LogP contribution is -2.34. The van der Waals surface area contributed by atoms with Crippen LogP contribution in [0.1, 0.15) is 24.5 Å². The summed E-state index contributed by atoms with van der Waals surface area (Å²) in [5.74, 6) is 1.44. The fraction of sp³-hybridized carbons (Fsp3) is 0.250. The lowest BCUT2D eigenvalue weighted by molar-refractivity contribution is 0.339. The Bertz CT molecular complexity index is 1010. The minimum atomic E-state index is -3.58. The van der Waals surface area contributed by atoms with Crippen LogP contribution in [0.25, 0.3) is 5.57 Å². The van der Waals surface area contributed by atoms with E-state index in [1.807, 2.05) is 42.2 Å². The van der Waals surface area contributed by atoms with Gasteiger partial charge in [-0.15, -0.1) is 4.40 Å². The zero-order valence-electron chi connectivity index (χ0n) is 14.6. The maximum absolute atomic E-state index is 12.3. The van der Waals surface area contributed by atoms with Crippen molar-refractivity contribution in [3.05, 3.63) is 65.7 Å². The Balaban J connectivity index is 1.62. The average molecular weight is 368 g/mol. The van der Waals surface area contributed by atoms with Gasteiger partial charge in [-0.1, -0.05) is 36.4 Å². The molecule has 2 heterocycles. The van der Waals surface area contributed by atoms with Crippen molar-refractivity contribution in [3.8, 4) is 5.75 Å². The van der Waals surface area contributed by atoms with Crippen LogP contribution in [0.3, 0.4) is 0 Å². The highest BCUT2D eigenvalue weighted by Crippen LogP contribution is 2.33. The summed E-state index contributed by atoms with van der Waals surface area (Å²) >= 11 is 0. The van der Waals surface area contributed by atoms with Crippen molar-refractivity contribution in [2.24, 2.45) is 4.40 Å². The lowest BCUT2D eigenvalue weighted by atomic mass is 9.98. The number of fused-ring (bicyclic) bond motifs is 1. The van der Waals surface area contributed by atoms with Crippen LogP contribution in [0.4, 0.5) is 0 Å². The van der Waals surface area contributed by atoms with E-state index in [9.17, 15) is 8.42 Å². The summed E-state index contributed by atoms with van der Waals surface area (Å²) < 4.78 is 34.3. The van der Waals surface area contributed by atoms with Gasteiger partial charge in [-0.05, 0) is 37.1 Å². The topological polar surface area (TPSA) is 59.0 Å². The average Bonchev–Trinajstić information content (AvgIpc) is 2.94. The monoisotopic (exact) mass is 368 g/mol. The Morgan fingerprint density at radius 2 is 1.81 bits per heavy atom. The molecule has 0 N–H and O–H groups in total. The second kappa shape index (κ2) is 6.61. The maximum Gasteiger partial charge on any atom is 0.285 e. The normalized spacial score (nSPS) is 18.1. The molecule has 0 unspecified atom stereocenters. The number of hydrogen-bond acceptors (Lipinski definition) is 4. The van der Waals surface area contributed by atoms with E-state index in [2.05, 4.69) is 16.5 Å². The maximum atomic E-state index is 12.3. The molecule has 2 aromatic carbocycles. The fourth-order valence-electron chi connectivity index (χ4n) is 3.44. The lowest BCUT2D eigenvalue weighted by Gasteiger charge is -2.28. The van der Waals surface area contributed by atoms with Crippen LogP contribution in [0, 0.1) is 0 Å². The molecule has 0 fully saturated rings. The van der Waals surface area contributed by atoms with Gasteiger partial charge in [-0.2, -0.15) is 8.42 Å². The molecule has 0 amide bonds. The van der Waals surface area contributed by atoms with Gasteiger partial charge < -0.3 is 9.64 Å². The van der Waals surface area contributed by atoms with Crippen LogP contribution in [0.5, 0.6) is 5.75 Å². The predicted octanol–water partition coefficient (Wildman–Crippen LogP) is 3.32. The highest BCUT2D eigenvalue weighted by Gasteiger charge is 2.32. The summed E-state index contributed by atoms with van der Waals surface area (Å²) in [6, 6.07) is 15.0. The summed E-state index contributed by atoms with van der Waals surface area (Å²) in [7, 11) is -3.58. The Kier molecular flexibility index (Phi) is 4.28. The van der Waals surface area contributed by atoms with Crippen molar-refractivity contribution >= 4 is 21.4 Å². The summed E-state index contributed by atoms with van der Waals surface area (Å²) in [5, 5.41) is 0. The van der Waals surface area contributed by atoms with E-state index >= 15 is 0 Å². The van der Waals surface area contributed by atoms with E-state index in [1.54, 1.807) is 12.1 Å². The third kappa shape index (κ3) is 2.90. The predicted molar refractivity (Wildman–Crippen MR) is 102 cm³/mol. The fourth-order valence-corrected chi connectivity index (χ4v) is 4.66. The van der Waals surface area contributed by atoms with Crippen LogP contribution < -0.4 is 4.74 Å². The highest BCUT2D eigenvalue weighted by atomic mass is 32.2. The Hall–Kier alpha value is -2.60. The molecule has 0 atom stereocenters. The van der Waals surface area contributed by atoms with Crippen molar-refractivity contribution in [1.29, 1.82) is 0 Å². The molecule has 2 aliphatic rings. The van der Waals surface area contributed by atoms with Crippen LogP contribution in [0.15, 0.2) is 63.9 Å². The third-order valence-corrected chi connectivity index (χ3v) is 5.98. The summed E-state index contributed by atoms with van der Waals surface area (Å²) in [4.78, 5) is 2.32. The molecule has 6 heteroatoms. The summed E-state index contributed by atoms with van der Waals surface area (Å²) in [5.41, 5.74) is 3.02. The van der Waals surface area contributed by atoms with Gasteiger partial charge in [0.1, 0.15) is 10.6 Å². The van der Waals surface area contributed by atoms with Gasteiger partial charge in [0.25, 0.3) is 10.0 Å². The Labute approximate surface area is 153 Å². The van der Waals surface area contributed by atoms with Gasteiger partial charge in [0.05, 0.1) is 6.61 Å². The molecule has 0 radical (unpaired) electrons. The van der Waals surface area contributed by atoms with Gasteiger partial charge >= 0.3 is 0 Å². The number of hydrogen-bond donors (Lipinski definition) is 0. The molecule has 134 valence electrons. The van der Waals surface area contributed by atoms with E-state index < -0.39 is 10.0 Å². The molecule has 4 rings (SSSR count). The number of nitrogens with zero attached hydrogens (tertiary/aromatic N) is 2. The molecule has 5 nitrogen and oxygen atoms in total. The van der Waals surface area contributed by atoms with Gasteiger partial charge in [0.15, 0.2) is 5.84 Å². The molecule has 2 aromatic rings. The first kappa shape index (κ1) is 16.8. The summed E-state index contributed by atoms with van der Waals surface area (Å²) in [6.07, 6.45) is 2.95. The number of amidine groups is 1. The number of rotatable bonds is 3.